The number of aromatic amines is 1. The van der Waals surface area contributed by atoms with Gasteiger partial charge in [-0.1, -0.05) is 0 Å². The first-order chi connectivity index (χ1) is 8.94. The summed E-state index contributed by atoms with van der Waals surface area (Å²) >= 11 is 0. The summed E-state index contributed by atoms with van der Waals surface area (Å²) < 4.78 is 39.7. The van der Waals surface area contributed by atoms with E-state index < -0.39 is 6.36 Å². The summed E-state index contributed by atoms with van der Waals surface area (Å²) in [5.74, 6) is 0.759. The second-order valence-electron chi connectivity index (χ2n) is 3.69. The van der Waals surface area contributed by atoms with Crippen molar-refractivity contribution >= 4 is 5.82 Å². The van der Waals surface area contributed by atoms with E-state index in [-0.39, 0.29) is 5.75 Å². The fraction of sp³-hybridized carbons (Fsp3) is 0.300. The molecule has 0 amide bonds. The van der Waals surface area contributed by atoms with Crippen molar-refractivity contribution in [3.8, 4) is 5.75 Å². The molecule has 0 fully saturated rings. The van der Waals surface area contributed by atoms with Crippen molar-refractivity contribution in [1.29, 1.82) is 0 Å². The lowest BCUT2D eigenvalue weighted by atomic mass is 10.4. The summed E-state index contributed by atoms with van der Waals surface area (Å²) in [7, 11) is 1.73. The SMILES string of the molecule is CN(Cc1ncn[nH]1)c1ccc(OC(F)(F)F)cn1. The van der Waals surface area contributed by atoms with Gasteiger partial charge in [-0.25, -0.2) is 9.97 Å². The van der Waals surface area contributed by atoms with E-state index >= 15 is 0 Å². The first-order valence-electron chi connectivity index (χ1n) is 5.21. The molecule has 0 spiro atoms. The average Bonchev–Trinajstić information content (AvgIpc) is 2.80. The van der Waals surface area contributed by atoms with Crippen molar-refractivity contribution in [2.75, 3.05) is 11.9 Å². The van der Waals surface area contributed by atoms with Gasteiger partial charge in [0.05, 0.1) is 12.7 Å². The van der Waals surface area contributed by atoms with Crippen LogP contribution in [0.3, 0.4) is 0 Å². The van der Waals surface area contributed by atoms with Crippen LogP contribution in [0.25, 0.3) is 0 Å². The smallest absolute Gasteiger partial charge is 0.404 e. The summed E-state index contributed by atoms with van der Waals surface area (Å²) in [6.07, 6.45) is -2.33. The molecule has 0 saturated carbocycles. The molecule has 0 saturated heterocycles. The minimum atomic E-state index is -4.71. The van der Waals surface area contributed by atoms with Crippen LogP contribution in [-0.4, -0.2) is 33.6 Å². The summed E-state index contributed by atoms with van der Waals surface area (Å²) in [6.45, 7) is 0.409. The Balaban J connectivity index is 2.01. The van der Waals surface area contributed by atoms with Crippen LogP contribution in [0.15, 0.2) is 24.7 Å². The third kappa shape index (κ3) is 3.83. The predicted molar refractivity (Wildman–Crippen MR) is 59.4 cm³/mol. The van der Waals surface area contributed by atoms with Crippen molar-refractivity contribution in [3.63, 3.8) is 0 Å². The van der Waals surface area contributed by atoms with E-state index in [0.717, 1.165) is 6.20 Å². The number of nitrogens with zero attached hydrogens (tertiary/aromatic N) is 4. The lowest BCUT2D eigenvalue weighted by molar-refractivity contribution is -0.274. The van der Waals surface area contributed by atoms with E-state index in [1.807, 2.05) is 0 Å². The number of H-pyrrole nitrogens is 1. The highest BCUT2D eigenvalue weighted by Crippen LogP contribution is 2.23. The Morgan fingerprint density at radius 3 is 2.63 bits per heavy atom. The first kappa shape index (κ1) is 13.1. The normalized spacial score (nSPS) is 11.4. The van der Waals surface area contributed by atoms with Crippen molar-refractivity contribution in [2.24, 2.45) is 0 Å². The molecule has 0 radical (unpaired) electrons. The van der Waals surface area contributed by atoms with E-state index in [0.29, 0.717) is 18.2 Å². The number of pyridine rings is 1. The van der Waals surface area contributed by atoms with Crippen molar-refractivity contribution < 1.29 is 17.9 Å². The zero-order valence-corrected chi connectivity index (χ0v) is 9.85. The average molecular weight is 273 g/mol. The second-order valence-corrected chi connectivity index (χ2v) is 3.69. The molecule has 1 N–H and O–H groups in total. The second kappa shape index (κ2) is 5.12. The van der Waals surface area contributed by atoms with Crippen molar-refractivity contribution in [2.45, 2.75) is 12.9 Å². The molecule has 0 aliphatic carbocycles. The van der Waals surface area contributed by atoms with E-state index in [9.17, 15) is 13.2 Å². The zero-order valence-electron chi connectivity index (χ0n) is 9.85. The lowest BCUT2D eigenvalue weighted by Gasteiger charge is -2.16. The number of nitrogens with one attached hydrogen (secondary N) is 1. The Kier molecular flexibility index (Phi) is 3.54. The van der Waals surface area contributed by atoms with Crippen LogP contribution in [0.1, 0.15) is 5.82 Å². The van der Waals surface area contributed by atoms with Gasteiger partial charge in [0.15, 0.2) is 0 Å². The molecular formula is C10H10F3N5O. The molecule has 0 aliphatic heterocycles. The summed E-state index contributed by atoms with van der Waals surface area (Å²) in [5, 5.41) is 6.37. The number of rotatable bonds is 4. The topological polar surface area (TPSA) is 66.9 Å². The molecule has 0 aliphatic rings. The maximum Gasteiger partial charge on any atom is 0.573 e. The molecule has 0 atom stereocenters. The number of halogens is 3. The Hall–Kier alpha value is -2.32. The molecular weight excluding hydrogens is 263 g/mol. The summed E-state index contributed by atoms with van der Waals surface area (Å²) in [6, 6.07) is 2.63. The molecule has 6 nitrogen and oxygen atoms in total. The van der Waals surface area contributed by atoms with Crippen LogP contribution in [0.2, 0.25) is 0 Å². The Labute approximate surface area is 106 Å². The standard InChI is InChI=1S/C10H10F3N5O/c1-18(5-8-15-6-16-17-8)9-3-2-7(4-14-9)19-10(11,12)13/h2-4,6H,5H2,1H3,(H,15,16,17). The number of aromatic nitrogens is 4. The Morgan fingerprint density at radius 2 is 2.11 bits per heavy atom. The van der Waals surface area contributed by atoms with Gasteiger partial charge in [0.1, 0.15) is 23.7 Å². The Bertz CT molecular complexity index is 511. The van der Waals surface area contributed by atoms with Gasteiger partial charge in [-0.15, -0.1) is 13.2 Å². The van der Waals surface area contributed by atoms with Gasteiger partial charge in [-0.05, 0) is 12.1 Å². The fourth-order valence-electron chi connectivity index (χ4n) is 1.40. The number of hydrogen-bond donors (Lipinski definition) is 1. The molecule has 2 heterocycles. The zero-order chi connectivity index (χ0) is 13.9. The highest BCUT2D eigenvalue weighted by molar-refractivity contribution is 5.39. The molecule has 2 aromatic heterocycles. The van der Waals surface area contributed by atoms with Crippen LogP contribution in [0, 0.1) is 0 Å². The third-order valence-corrected chi connectivity index (χ3v) is 2.20. The van der Waals surface area contributed by atoms with Gasteiger partial charge in [0, 0.05) is 7.05 Å². The van der Waals surface area contributed by atoms with Gasteiger partial charge in [-0.3, -0.25) is 5.10 Å². The summed E-state index contributed by atoms with van der Waals surface area (Å²) in [5.41, 5.74) is 0. The maximum atomic E-state index is 12.0. The lowest BCUT2D eigenvalue weighted by Crippen LogP contribution is -2.19. The number of alkyl halides is 3. The van der Waals surface area contributed by atoms with E-state index in [1.165, 1.54) is 18.5 Å². The third-order valence-electron chi connectivity index (χ3n) is 2.20. The number of anilines is 1. The first-order valence-corrected chi connectivity index (χ1v) is 5.21. The van der Waals surface area contributed by atoms with Gasteiger partial charge in [-0.2, -0.15) is 5.10 Å². The number of ether oxygens (including phenoxy) is 1. The highest BCUT2D eigenvalue weighted by atomic mass is 19.4. The molecule has 9 heteroatoms. The van der Waals surface area contributed by atoms with Crippen molar-refractivity contribution in [1.82, 2.24) is 20.2 Å². The molecule has 2 aromatic rings. The Morgan fingerprint density at radius 1 is 1.32 bits per heavy atom. The van der Waals surface area contributed by atoms with Crippen molar-refractivity contribution in [3.05, 3.63) is 30.5 Å². The molecule has 19 heavy (non-hydrogen) atoms. The van der Waals surface area contributed by atoms with Crippen LogP contribution in [0.5, 0.6) is 5.75 Å². The van der Waals surface area contributed by atoms with Gasteiger partial charge in [0.25, 0.3) is 0 Å². The molecule has 0 bridgehead atoms. The minimum absolute atomic E-state index is 0.357. The quantitative estimate of drug-likeness (QED) is 0.919. The molecule has 102 valence electrons. The number of hydrogen-bond acceptors (Lipinski definition) is 5. The van der Waals surface area contributed by atoms with Crippen LogP contribution in [-0.2, 0) is 6.54 Å². The van der Waals surface area contributed by atoms with Gasteiger partial charge in [0.2, 0.25) is 0 Å². The fourth-order valence-corrected chi connectivity index (χ4v) is 1.40. The van der Waals surface area contributed by atoms with E-state index in [2.05, 4.69) is 24.9 Å². The van der Waals surface area contributed by atoms with Gasteiger partial charge >= 0.3 is 6.36 Å². The van der Waals surface area contributed by atoms with E-state index in [1.54, 1.807) is 11.9 Å². The maximum absolute atomic E-state index is 12.0. The van der Waals surface area contributed by atoms with E-state index in [4.69, 9.17) is 0 Å². The molecule has 2 rings (SSSR count). The highest BCUT2D eigenvalue weighted by Gasteiger charge is 2.31. The van der Waals surface area contributed by atoms with Crippen LogP contribution < -0.4 is 9.64 Å². The molecule has 0 aromatic carbocycles. The minimum Gasteiger partial charge on any atom is -0.404 e. The monoisotopic (exact) mass is 273 g/mol. The van der Waals surface area contributed by atoms with Crippen LogP contribution in [0.4, 0.5) is 19.0 Å². The van der Waals surface area contributed by atoms with Gasteiger partial charge < -0.3 is 9.64 Å². The summed E-state index contributed by atoms with van der Waals surface area (Å²) in [4.78, 5) is 9.53. The predicted octanol–water partition coefficient (Wildman–Crippen LogP) is 1.73. The largest absolute Gasteiger partial charge is 0.573 e. The van der Waals surface area contributed by atoms with Crippen LogP contribution >= 0.6 is 0 Å². The molecule has 0 unspecified atom stereocenters.